The fourth-order valence-electron chi connectivity index (χ4n) is 2.40. The Labute approximate surface area is 141 Å². The molecule has 1 N–H and O–H groups in total. The first-order valence-electron chi connectivity index (χ1n) is 7.11. The zero-order valence-corrected chi connectivity index (χ0v) is 13.1. The zero-order valence-electron chi connectivity index (χ0n) is 12.3. The van der Waals surface area contributed by atoms with Gasteiger partial charge in [0.15, 0.2) is 6.61 Å². The molecule has 0 radical (unpaired) electrons. The molecule has 1 aromatic carbocycles. The molecule has 0 spiro atoms. The van der Waals surface area contributed by atoms with Crippen LogP contribution in [-0.4, -0.2) is 22.5 Å². The first-order chi connectivity index (χ1) is 11.7. The molecule has 2 aromatic heterocycles. The van der Waals surface area contributed by atoms with E-state index in [9.17, 15) is 4.79 Å². The molecule has 0 saturated heterocycles. The summed E-state index contributed by atoms with van der Waals surface area (Å²) in [5.74, 6) is 0.486. The van der Waals surface area contributed by atoms with Gasteiger partial charge < -0.3 is 10.1 Å². The van der Waals surface area contributed by atoms with Crippen LogP contribution in [0.15, 0.2) is 42.0 Å². The second-order valence-corrected chi connectivity index (χ2v) is 6.02. The van der Waals surface area contributed by atoms with Gasteiger partial charge in [-0.05, 0) is 24.3 Å². The van der Waals surface area contributed by atoms with Crippen molar-refractivity contribution in [2.75, 3.05) is 11.9 Å². The highest BCUT2D eigenvalue weighted by molar-refractivity contribution is 7.13. The minimum atomic E-state index is -0.168. The number of carbonyl (C=O) groups excluding carboxylic acids is 1. The molecular formula is C17H10N4O2S. The first kappa shape index (κ1) is 14.4. The SMILES string of the molecule is N#Cc1cncc(-c2csc(-c3ccc4c(c3)NC(=O)CO4)n2)c1. The summed E-state index contributed by atoms with van der Waals surface area (Å²) in [4.78, 5) is 20.1. The van der Waals surface area contributed by atoms with Gasteiger partial charge in [-0.3, -0.25) is 9.78 Å². The number of carbonyl (C=O) groups is 1. The quantitative estimate of drug-likeness (QED) is 0.778. The highest BCUT2D eigenvalue weighted by atomic mass is 32.1. The molecule has 4 rings (SSSR count). The van der Waals surface area contributed by atoms with E-state index in [0.29, 0.717) is 17.0 Å². The van der Waals surface area contributed by atoms with Crippen LogP contribution < -0.4 is 10.1 Å². The lowest BCUT2D eigenvalue weighted by molar-refractivity contribution is -0.118. The van der Waals surface area contributed by atoms with Crippen LogP contribution in [0, 0.1) is 11.3 Å². The van der Waals surface area contributed by atoms with Crippen molar-refractivity contribution in [3.05, 3.63) is 47.6 Å². The Hall–Kier alpha value is -3.24. The maximum Gasteiger partial charge on any atom is 0.262 e. The van der Waals surface area contributed by atoms with Crippen LogP contribution in [0.4, 0.5) is 5.69 Å². The number of pyridine rings is 1. The Bertz CT molecular complexity index is 990. The number of hydrogen-bond donors (Lipinski definition) is 1. The third-order valence-corrected chi connectivity index (χ3v) is 4.42. The van der Waals surface area contributed by atoms with E-state index in [4.69, 9.17) is 10.00 Å². The van der Waals surface area contributed by atoms with Crippen molar-refractivity contribution < 1.29 is 9.53 Å². The molecule has 0 bridgehead atoms. The summed E-state index contributed by atoms with van der Waals surface area (Å²) in [6.07, 6.45) is 3.20. The van der Waals surface area contributed by atoms with Crippen molar-refractivity contribution in [2.24, 2.45) is 0 Å². The van der Waals surface area contributed by atoms with Crippen LogP contribution in [0.2, 0.25) is 0 Å². The molecule has 1 aliphatic rings. The van der Waals surface area contributed by atoms with E-state index in [-0.39, 0.29) is 12.5 Å². The standard InChI is InChI=1S/C17H10N4O2S/c18-5-10-3-12(7-19-6-10)14-9-24-17(21-14)11-1-2-15-13(4-11)20-16(22)8-23-15/h1-4,6-7,9H,8H2,(H,20,22). The van der Waals surface area contributed by atoms with Crippen LogP contribution >= 0.6 is 11.3 Å². The van der Waals surface area contributed by atoms with Crippen LogP contribution in [0.1, 0.15) is 5.56 Å². The second kappa shape index (κ2) is 5.76. The molecule has 116 valence electrons. The predicted octanol–water partition coefficient (Wildman–Crippen LogP) is 3.07. The molecule has 3 heterocycles. The van der Waals surface area contributed by atoms with E-state index >= 15 is 0 Å². The van der Waals surface area contributed by atoms with Crippen molar-refractivity contribution in [1.29, 1.82) is 5.26 Å². The van der Waals surface area contributed by atoms with Gasteiger partial charge in [0.1, 0.15) is 16.8 Å². The summed E-state index contributed by atoms with van der Waals surface area (Å²) in [7, 11) is 0. The molecule has 7 heteroatoms. The number of hydrogen-bond acceptors (Lipinski definition) is 6. The van der Waals surface area contributed by atoms with E-state index in [1.807, 2.05) is 23.6 Å². The van der Waals surface area contributed by atoms with Crippen molar-refractivity contribution >= 4 is 22.9 Å². The van der Waals surface area contributed by atoms with Gasteiger partial charge in [0, 0.05) is 28.9 Å². The van der Waals surface area contributed by atoms with Gasteiger partial charge in [-0.1, -0.05) is 0 Å². The van der Waals surface area contributed by atoms with Crippen LogP contribution in [-0.2, 0) is 4.79 Å². The molecule has 24 heavy (non-hydrogen) atoms. The summed E-state index contributed by atoms with van der Waals surface area (Å²) in [5, 5.41) is 14.5. The van der Waals surface area contributed by atoms with Gasteiger partial charge in [-0.2, -0.15) is 5.26 Å². The van der Waals surface area contributed by atoms with E-state index in [2.05, 4.69) is 21.4 Å². The molecule has 0 unspecified atom stereocenters. The fraction of sp³-hybridized carbons (Fsp3) is 0.0588. The number of nitrogens with one attached hydrogen (secondary N) is 1. The molecule has 6 nitrogen and oxygen atoms in total. The Balaban J connectivity index is 1.69. The van der Waals surface area contributed by atoms with Crippen molar-refractivity contribution in [1.82, 2.24) is 9.97 Å². The molecule has 0 atom stereocenters. The van der Waals surface area contributed by atoms with Gasteiger partial charge >= 0.3 is 0 Å². The lowest BCUT2D eigenvalue weighted by atomic mass is 10.1. The second-order valence-electron chi connectivity index (χ2n) is 5.16. The van der Waals surface area contributed by atoms with Gasteiger partial charge in [0.05, 0.1) is 16.9 Å². The number of benzene rings is 1. The zero-order chi connectivity index (χ0) is 16.5. The number of anilines is 1. The lowest BCUT2D eigenvalue weighted by Gasteiger charge is -2.18. The van der Waals surface area contributed by atoms with Gasteiger partial charge in [0.2, 0.25) is 0 Å². The number of amides is 1. The highest BCUT2D eigenvalue weighted by Gasteiger charge is 2.17. The summed E-state index contributed by atoms with van der Waals surface area (Å²) in [5.41, 5.74) is 3.59. The van der Waals surface area contributed by atoms with Crippen LogP contribution in [0.25, 0.3) is 21.8 Å². The molecule has 3 aromatic rings. The number of nitrogens with zero attached hydrogens (tertiary/aromatic N) is 3. The minimum Gasteiger partial charge on any atom is -0.482 e. The summed E-state index contributed by atoms with van der Waals surface area (Å²) >= 11 is 1.49. The topological polar surface area (TPSA) is 87.9 Å². The monoisotopic (exact) mass is 334 g/mol. The van der Waals surface area contributed by atoms with Crippen molar-refractivity contribution in [3.63, 3.8) is 0 Å². The van der Waals surface area contributed by atoms with Crippen LogP contribution in [0.5, 0.6) is 5.75 Å². The predicted molar refractivity (Wildman–Crippen MR) is 89.6 cm³/mol. The molecule has 1 amide bonds. The normalized spacial score (nSPS) is 12.7. The Kier molecular flexibility index (Phi) is 3.44. The number of aromatic nitrogens is 2. The maximum absolute atomic E-state index is 11.4. The highest BCUT2D eigenvalue weighted by Crippen LogP contribution is 2.35. The minimum absolute atomic E-state index is 0.0377. The fourth-order valence-corrected chi connectivity index (χ4v) is 3.22. The number of thiazole rings is 1. The molecule has 0 saturated carbocycles. The maximum atomic E-state index is 11.4. The third-order valence-electron chi connectivity index (χ3n) is 3.53. The lowest BCUT2D eigenvalue weighted by Crippen LogP contribution is -2.25. The van der Waals surface area contributed by atoms with Gasteiger partial charge in [-0.25, -0.2) is 4.98 Å². The molecule has 0 aliphatic carbocycles. The van der Waals surface area contributed by atoms with Gasteiger partial charge in [0.25, 0.3) is 5.91 Å². The number of nitriles is 1. The Morgan fingerprint density at radius 1 is 1.25 bits per heavy atom. The summed E-state index contributed by atoms with van der Waals surface area (Å²) in [6.45, 7) is 0.0377. The smallest absolute Gasteiger partial charge is 0.262 e. The molecule has 1 aliphatic heterocycles. The average molecular weight is 334 g/mol. The molecular weight excluding hydrogens is 324 g/mol. The van der Waals surface area contributed by atoms with E-state index in [0.717, 1.165) is 21.8 Å². The van der Waals surface area contributed by atoms with Crippen molar-refractivity contribution in [2.45, 2.75) is 0 Å². The van der Waals surface area contributed by atoms with E-state index < -0.39 is 0 Å². The number of rotatable bonds is 2. The largest absolute Gasteiger partial charge is 0.482 e. The average Bonchev–Trinajstić information content (AvgIpc) is 3.11. The number of ether oxygens (including phenoxy) is 1. The Morgan fingerprint density at radius 3 is 3.04 bits per heavy atom. The molecule has 0 fully saturated rings. The van der Waals surface area contributed by atoms with E-state index in [1.54, 1.807) is 12.3 Å². The first-order valence-corrected chi connectivity index (χ1v) is 7.99. The Morgan fingerprint density at radius 2 is 2.17 bits per heavy atom. The van der Waals surface area contributed by atoms with Crippen LogP contribution in [0.3, 0.4) is 0 Å². The third kappa shape index (κ3) is 2.59. The summed E-state index contributed by atoms with van der Waals surface area (Å²) < 4.78 is 5.36. The summed E-state index contributed by atoms with van der Waals surface area (Å²) in [6, 6.07) is 9.40. The van der Waals surface area contributed by atoms with E-state index in [1.165, 1.54) is 17.5 Å². The van der Waals surface area contributed by atoms with Crippen molar-refractivity contribution in [3.8, 4) is 33.6 Å². The number of fused-ring (bicyclic) bond motifs is 1. The van der Waals surface area contributed by atoms with Gasteiger partial charge in [-0.15, -0.1) is 11.3 Å².